The number of rotatable bonds is 5. The lowest BCUT2D eigenvalue weighted by atomic mass is 10.1. The van der Waals surface area contributed by atoms with Crippen LogP contribution in [0.15, 0.2) is 16.5 Å². The van der Waals surface area contributed by atoms with Gasteiger partial charge in [0.1, 0.15) is 11.5 Å². The highest BCUT2D eigenvalue weighted by molar-refractivity contribution is 5.08. The predicted octanol–water partition coefficient (Wildman–Crippen LogP) is 3.17. The summed E-state index contributed by atoms with van der Waals surface area (Å²) >= 11 is 0. The molecule has 1 rings (SSSR count). The monoisotopic (exact) mass is 181 g/mol. The van der Waals surface area contributed by atoms with Crippen LogP contribution in [-0.4, -0.2) is 0 Å². The number of furan rings is 1. The van der Waals surface area contributed by atoms with Crippen molar-refractivity contribution in [3.8, 4) is 0 Å². The number of nitrogens with two attached hydrogens (primary N) is 1. The van der Waals surface area contributed by atoms with E-state index in [1.54, 1.807) is 0 Å². The fourth-order valence-electron chi connectivity index (χ4n) is 1.41. The van der Waals surface area contributed by atoms with Gasteiger partial charge in [-0.25, -0.2) is 0 Å². The summed E-state index contributed by atoms with van der Waals surface area (Å²) in [6.07, 6.45) is 4.72. The quantitative estimate of drug-likeness (QED) is 0.709. The summed E-state index contributed by atoms with van der Waals surface area (Å²) in [6.45, 7) is 4.14. The third-order valence-corrected chi connectivity index (χ3v) is 2.25. The average molecular weight is 181 g/mol. The lowest BCUT2D eigenvalue weighted by molar-refractivity contribution is 0.426. The molecular formula is C11H19NO. The normalized spacial score (nSPS) is 13.2. The summed E-state index contributed by atoms with van der Waals surface area (Å²) in [4.78, 5) is 0. The van der Waals surface area contributed by atoms with Crippen molar-refractivity contribution in [1.29, 1.82) is 0 Å². The fraction of sp³-hybridized carbons (Fsp3) is 0.636. The minimum atomic E-state index is 0.0836. The first-order valence-electron chi connectivity index (χ1n) is 5.06. The van der Waals surface area contributed by atoms with Gasteiger partial charge in [-0.15, -0.1) is 0 Å². The molecule has 13 heavy (non-hydrogen) atoms. The molecule has 0 saturated heterocycles. The number of hydrogen-bond donors (Lipinski definition) is 1. The Morgan fingerprint density at radius 1 is 1.38 bits per heavy atom. The van der Waals surface area contributed by atoms with Gasteiger partial charge in [0.15, 0.2) is 0 Å². The molecule has 2 N–H and O–H groups in total. The van der Waals surface area contributed by atoms with Gasteiger partial charge < -0.3 is 10.2 Å². The maximum absolute atomic E-state index is 5.96. The molecule has 2 heteroatoms. The van der Waals surface area contributed by atoms with E-state index in [1.165, 1.54) is 19.3 Å². The van der Waals surface area contributed by atoms with Crippen LogP contribution in [0.5, 0.6) is 0 Å². The Balaban J connectivity index is 2.35. The van der Waals surface area contributed by atoms with E-state index in [0.717, 1.165) is 17.9 Å². The van der Waals surface area contributed by atoms with E-state index in [1.807, 2.05) is 19.1 Å². The molecule has 0 aliphatic heterocycles. The molecular weight excluding hydrogens is 162 g/mol. The first-order valence-corrected chi connectivity index (χ1v) is 5.06. The summed E-state index contributed by atoms with van der Waals surface area (Å²) in [5, 5.41) is 0. The summed E-state index contributed by atoms with van der Waals surface area (Å²) in [7, 11) is 0. The van der Waals surface area contributed by atoms with E-state index in [4.69, 9.17) is 10.2 Å². The number of aryl methyl sites for hydroxylation is 1. The highest BCUT2D eigenvalue weighted by Crippen LogP contribution is 2.19. The lowest BCUT2D eigenvalue weighted by Crippen LogP contribution is -2.08. The largest absolute Gasteiger partial charge is 0.465 e. The van der Waals surface area contributed by atoms with Crippen molar-refractivity contribution in [1.82, 2.24) is 0 Å². The maximum Gasteiger partial charge on any atom is 0.120 e. The van der Waals surface area contributed by atoms with Crippen molar-refractivity contribution in [2.24, 2.45) is 5.73 Å². The Bertz CT molecular complexity index is 242. The van der Waals surface area contributed by atoms with Gasteiger partial charge in [0.05, 0.1) is 6.04 Å². The van der Waals surface area contributed by atoms with E-state index in [0.29, 0.717) is 0 Å². The van der Waals surface area contributed by atoms with Crippen LogP contribution < -0.4 is 5.73 Å². The molecule has 0 aliphatic carbocycles. The van der Waals surface area contributed by atoms with Crippen LogP contribution >= 0.6 is 0 Å². The first-order chi connectivity index (χ1) is 6.24. The standard InChI is InChI=1S/C11H19NO/c1-3-4-5-6-10(12)11-8-7-9(2)13-11/h7-8,10H,3-6,12H2,1-2H3/t10-/m0/s1. The topological polar surface area (TPSA) is 39.2 Å². The molecule has 0 unspecified atom stereocenters. The van der Waals surface area contributed by atoms with Crippen LogP contribution in [-0.2, 0) is 0 Å². The van der Waals surface area contributed by atoms with Crippen molar-refractivity contribution in [2.45, 2.75) is 45.6 Å². The smallest absolute Gasteiger partial charge is 0.120 e. The molecule has 0 bridgehead atoms. The second-order valence-corrected chi connectivity index (χ2v) is 3.55. The van der Waals surface area contributed by atoms with Crippen LogP contribution in [0, 0.1) is 6.92 Å². The Labute approximate surface area is 80.1 Å². The highest BCUT2D eigenvalue weighted by atomic mass is 16.3. The van der Waals surface area contributed by atoms with Crippen LogP contribution in [0.2, 0.25) is 0 Å². The minimum Gasteiger partial charge on any atom is -0.465 e. The van der Waals surface area contributed by atoms with Gasteiger partial charge in [0.2, 0.25) is 0 Å². The van der Waals surface area contributed by atoms with E-state index in [9.17, 15) is 0 Å². The SMILES string of the molecule is CCCCC[C@H](N)c1ccc(C)o1. The molecule has 0 fully saturated rings. The van der Waals surface area contributed by atoms with Gasteiger partial charge in [0, 0.05) is 0 Å². The van der Waals surface area contributed by atoms with Crippen LogP contribution in [0.4, 0.5) is 0 Å². The lowest BCUT2D eigenvalue weighted by Gasteiger charge is -2.07. The van der Waals surface area contributed by atoms with Gasteiger partial charge >= 0.3 is 0 Å². The molecule has 0 spiro atoms. The van der Waals surface area contributed by atoms with Crippen molar-refractivity contribution < 1.29 is 4.42 Å². The summed E-state index contributed by atoms with van der Waals surface area (Å²) in [5.74, 6) is 1.87. The Morgan fingerprint density at radius 3 is 2.69 bits per heavy atom. The van der Waals surface area contributed by atoms with Crippen LogP contribution in [0.3, 0.4) is 0 Å². The molecule has 1 heterocycles. The minimum absolute atomic E-state index is 0.0836. The highest BCUT2D eigenvalue weighted by Gasteiger charge is 2.08. The van der Waals surface area contributed by atoms with Gasteiger partial charge in [-0.1, -0.05) is 26.2 Å². The molecule has 1 aromatic rings. The van der Waals surface area contributed by atoms with Crippen molar-refractivity contribution in [3.05, 3.63) is 23.7 Å². The second-order valence-electron chi connectivity index (χ2n) is 3.55. The van der Waals surface area contributed by atoms with E-state index in [-0.39, 0.29) is 6.04 Å². The molecule has 0 aromatic carbocycles. The number of hydrogen-bond acceptors (Lipinski definition) is 2. The van der Waals surface area contributed by atoms with Gasteiger partial charge in [-0.2, -0.15) is 0 Å². The Hall–Kier alpha value is -0.760. The Morgan fingerprint density at radius 2 is 2.15 bits per heavy atom. The molecule has 0 radical (unpaired) electrons. The van der Waals surface area contributed by atoms with Crippen molar-refractivity contribution in [2.75, 3.05) is 0 Å². The van der Waals surface area contributed by atoms with E-state index in [2.05, 4.69) is 6.92 Å². The molecule has 1 aromatic heterocycles. The number of unbranched alkanes of at least 4 members (excludes halogenated alkanes) is 2. The Kier molecular flexibility index (Phi) is 4.03. The van der Waals surface area contributed by atoms with Crippen molar-refractivity contribution >= 4 is 0 Å². The van der Waals surface area contributed by atoms with Crippen LogP contribution in [0.25, 0.3) is 0 Å². The van der Waals surface area contributed by atoms with Gasteiger partial charge in [0.25, 0.3) is 0 Å². The maximum atomic E-state index is 5.96. The molecule has 0 amide bonds. The summed E-state index contributed by atoms with van der Waals surface area (Å²) in [5.41, 5.74) is 5.96. The fourth-order valence-corrected chi connectivity index (χ4v) is 1.41. The summed E-state index contributed by atoms with van der Waals surface area (Å²) < 4.78 is 5.45. The molecule has 74 valence electrons. The zero-order valence-electron chi connectivity index (χ0n) is 8.55. The van der Waals surface area contributed by atoms with Gasteiger partial charge in [-0.05, 0) is 25.5 Å². The molecule has 0 aliphatic rings. The van der Waals surface area contributed by atoms with Gasteiger partial charge in [-0.3, -0.25) is 0 Å². The first kappa shape index (κ1) is 10.3. The van der Waals surface area contributed by atoms with Crippen molar-refractivity contribution in [3.63, 3.8) is 0 Å². The average Bonchev–Trinajstić information content (AvgIpc) is 2.52. The molecule has 2 nitrogen and oxygen atoms in total. The molecule has 0 saturated carbocycles. The summed E-state index contributed by atoms with van der Waals surface area (Å²) in [6, 6.07) is 4.03. The third-order valence-electron chi connectivity index (χ3n) is 2.25. The van der Waals surface area contributed by atoms with E-state index < -0.39 is 0 Å². The predicted molar refractivity (Wildman–Crippen MR) is 54.5 cm³/mol. The zero-order chi connectivity index (χ0) is 9.68. The second kappa shape index (κ2) is 5.07. The van der Waals surface area contributed by atoms with Crippen LogP contribution in [0.1, 0.15) is 50.2 Å². The molecule has 1 atom stereocenters. The third kappa shape index (κ3) is 3.23. The zero-order valence-corrected chi connectivity index (χ0v) is 8.55. The van der Waals surface area contributed by atoms with E-state index >= 15 is 0 Å².